The Hall–Kier alpha value is -2.38. The lowest BCUT2D eigenvalue weighted by Crippen LogP contribution is -2.41. The van der Waals surface area contributed by atoms with Gasteiger partial charge in [0.15, 0.2) is 0 Å². The number of benzene rings is 2. The second-order valence-corrected chi connectivity index (χ2v) is 8.46. The summed E-state index contributed by atoms with van der Waals surface area (Å²) in [6.45, 7) is 0.380. The Labute approximate surface area is 154 Å². The van der Waals surface area contributed by atoms with Gasteiger partial charge in [-0.05, 0) is 49.1 Å². The first-order valence-electron chi connectivity index (χ1n) is 8.58. The lowest BCUT2D eigenvalue weighted by Gasteiger charge is -2.20. The Bertz CT molecular complexity index is 880. The van der Waals surface area contributed by atoms with Crippen molar-refractivity contribution in [3.05, 3.63) is 60.2 Å². The molecule has 0 aliphatic heterocycles. The van der Waals surface area contributed by atoms with Gasteiger partial charge in [0, 0.05) is 25.2 Å². The van der Waals surface area contributed by atoms with E-state index in [9.17, 15) is 13.2 Å². The van der Waals surface area contributed by atoms with E-state index in [0.29, 0.717) is 23.7 Å². The van der Waals surface area contributed by atoms with Crippen LogP contribution in [-0.4, -0.2) is 34.0 Å². The molecule has 1 unspecified atom stereocenters. The predicted octanol–water partition coefficient (Wildman–Crippen LogP) is 1.98. The number of carbonyl (C=O) groups is 1. The van der Waals surface area contributed by atoms with E-state index in [1.807, 2.05) is 6.07 Å². The van der Waals surface area contributed by atoms with E-state index in [1.165, 1.54) is 23.5 Å². The first-order chi connectivity index (χ1) is 12.4. The molecule has 138 valence electrons. The molecule has 7 heteroatoms. The van der Waals surface area contributed by atoms with Crippen molar-refractivity contribution in [2.75, 3.05) is 17.9 Å². The maximum absolute atomic E-state index is 12.9. The molecule has 0 spiro atoms. The Balaban J connectivity index is 1.83. The van der Waals surface area contributed by atoms with Gasteiger partial charge < -0.3 is 11.1 Å². The molecule has 0 aromatic heterocycles. The molecule has 1 aliphatic carbocycles. The Morgan fingerprint density at radius 3 is 2.50 bits per heavy atom. The van der Waals surface area contributed by atoms with Crippen LogP contribution >= 0.6 is 0 Å². The van der Waals surface area contributed by atoms with Crippen molar-refractivity contribution in [2.45, 2.75) is 23.8 Å². The van der Waals surface area contributed by atoms with E-state index in [0.717, 1.165) is 12.8 Å². The molecule has 26 heavy (non-hydrogen) atoms. The standard InChI is InChI=1S/C19H23N3O3S/c1-22(16-7-3-2-4-8-16)26(24,25)17-9-5-6-15(12-17)19(23)21-18(13-20)14-10-11-14/h2-9,12,14,18H,10-11,13,20H2,1H3,(H,21,23). The van der Waals surface area contributed by atoms with Crippen molar-refractivity contribution in [3.63, 3.8) is 0 Å². The number of sulfonamides is 1. The molecular formula is C19H23N3O3S. The van der Waals surface area contributed by atoms with Crippen molar-refractivity contribution < 1.29 is 13.2 Å². The van der Waals surface area contributed by atoms with E-state index < -0.39 is 10.0 Å². The molecule has 0 bridgehead atoms. The minimum atomic E-state index is -3.76. The minimum absolute atomic E-state index is 0.0604. The molecule has 1 atom stereocenters. The molecular weight excluding hydrogens is 350 g/mol. The average Bonchev–Trinajstić information content (AvgIpc) is 3.51. The van der Waals surface area contributed by atoms with Gasteiger partial charge in [-0.3, -0.25) is 9.10 Å². The van der Waals surface area contributed by atoms with E-state index in [1.54, 1.807) is 36.4 Å². The van der Waals surface area contributed by atoms with E-state index in [2.05, 4.69) is 5.32 Å². The zero-order valence-corrected chi connectivity index (χ0v) is 15.4. The van der Waals surface area contributed by atoms with Crippen LogP contribution in [0.4, 0.5) is 5.69 Å². The predicted molar refractivity (Wildman–Crippen MR) is 102 cm³/mol. The number of rotatable bonds is 7. The first-order valence-corrected chi connectivity index (χ1v) is 10.0. The molecule has 0 radical (unpaired) electrons. The van der Waals surface area contributed by atoms with Crippen molar-refractivity contribution in [1.29, 1.82) is 0 Å². The lowest BCUT2D eigenvalue weighted by molar-refractivity contribution is 0.0933. The van der Waals surface area contributed by atoms with Crippen LogP contribution < -0.4 is 15.4 Å². The SMILES string of the molecule is CN(c1ccccc1)S(=O)(=O)c1cccc(C(=O)NC(CN)C2CC2)c1. The molecule has 3 N–H and O–H groups in total. The van der Waals surface area contributed by atoms with Gasteiger partial charge in [-0.2, -0.15) is 0 Å². The molecule has 6 nitrogen and oxygen atoms in total. The summed E-state index contributed by atoms with van der Waals surface area (Å²) < 4.78 is 27.0. The topological polar surface area (TPSA) is 92.5 Å². The summed E-state index contributed by atoms with van der Waals surface area (Å²) in [5.74, 6) is 0.131. The van der Waals surface area contributed by atoms with Gasteiger partial charge in [-0.25, -0.2) is 8.42 Å². The van der Waals surface area contributed by atoms with Gasteiger partial charge in [-0.15, -0.1) is 0 Å². The summed E-state index contributed by atoms with van der Waals surface area (Å²) in [6.07, 6.45) is 2.14. The summed E-state index contributed by atoms with van der Waals surface area (Å²) in [7, 11) is -2.26. The zero-order valence-electron chi connectivity index (χ0n) is 14.6. The van der Waals surface area contributed by atoms with Crippen LogP contribution in [0, 0.1) is 5.92 Å². The summed E-state index contributed by atoms with van der Waals surface area (Å²) in [6, 6.07) is 14.8. The van der Waals surface area contributed by atoms with Crippen LogP contribution in [0.3, 0.4) is 0 Å². The highest BCUT2D eigenvalue weighted by molar-refractivity contribution is 7.92. The summed E-state index contributed by atoms with van der Waals surface area (Å²) in [5, 5.41) is 2.91. The highest BCUT2D eigenvalue weighted by atomic mass is 32.2. The molecule has 2 aromatic carbocycles. The van der Waals surface area contributed by atoms with Crippen LogP contribution in [0.5, 0.6) is 0 Å². The van der Waals surface area contributed by atoms with Crippen molar-refractivity contribution in [2.24, 2.45) is 11.7 Å². The third-order valence-electron chi connectivity index (χ3n) is 4.64. The normalized spacial score (nSPS) is 15.3. The van der Waals surface area contributed by atoms with Gasteiger partial charge in [-0.1, -0.05) is 24.3 Å². The smallest absolute Gasteiger partial charge is 0.264 e. The Kier molecular flexibility index (Phi) is 5.29. The fraction of sp³-hybridized carbons (Fsp3) is 0.316. The second kappa shape index (κ2) is 7.47. The third kappa shape index (κ3) is 3.89. The fourth-order valence-electron chi connectivity index (χ4n) is 2.85. The number of amides is 1. The van der Waals surface area contributed by atoms with Crippen LogP contribution in [0.15, 0.2) is 59.5 Å². The van der Waals surface area contributed by atoms with Gasteiger partial charge in [0.25, 0.3) is 15.9 Å². The maximum Gasteiger partial charge on any atom is 0.264 e. The quantitative estimate of drug-likeness (QED) is 0.776. The van der Waals surface area contributed by atoms with Crippen molar-refractivity contribution in [1.82, 2.24) is 5.32 Å². The lowest BCUT2D eigenvalue weighted by atomic mass is 10.1. The van der Waals surface area contributed by atoms with Gasteiger partial charge in [0.1, 0.15) is 0 Å². The Morgan fingerprint density at radius 1 is 1.19 bits per heavy atom. The number of anilines is 1. The molecule has 3 rings (SSSR count). The van der Waals surface area contributed by atoms with E-state index in [4.69, 9.17) is 5.73 Å². The zero-order chi connectivity index (χ0) is 18.7. The maximum atomic E-state index is 12.9. The molecule has 1 aliphatic rings. The highest BCUT2D eigenvalue weighted by Crippen LogP contribution is 2.32. The number of para-hydroxylation sites is 1. The third-order valence-corrected chi connectivity index (χ3v) is 6.42. The first kappa shape index (κ1) is 18.4. The highest BCUT2D eigenvalue weighted by Gasteiger charge is 2.31. The number of carbonyl (C=O) groups excluding carboxylic acids is 1. The monoisotopic (exact) mass is 373 g/mol. The molecule has 1 saturated carbocycles. The number of nitrogens with one attached hydrogen (secondary N) is 1. The summed E-state index contributed by atoms with van der Waals surface area (Å²) >= 11 is 0. The molecule has 1 fully saturated rings. The number of hydrogen-bond acceptors (Lipinski definition) is 4. The largest absolute Gasteiger partial charge is 0.348 e. The number of hydrogen-bond donors (Lipinski definition) is 2. The second-order valence-electron chi connectivity index (χ2n) is 6.49. The molecule has 0 heterocycles. The van der Waals surface area contributed by atoms with E-state index in [-0.39, 0.29) is 16.8 Å². The van der Waals surface area contributed by atoms with Crippen LogP contribution in [0.2, 0.25) is 0 Å². The Morgan fingerprint density at radius 2 is 1.88 bits per heavy atom. The van der Waals surface area contributed by atoms with Gasteiger partial charge >= 0.3 is 0 Å². The van der Waals surface area contributed by atoms with Gasteiger partial charge in [0.2, 0.25) is 0 Å². The average molecular weight is 373 g/mol. The van der Waals surface area contributed by atoms with Crippen LogP contribution in [0.1, 0.15) is 23.2 Å². The summed E-state index contributed by atoms with van der Waals surface area (Å²) in [5.41, 5.74) is 6.59. The number of nitrogens with two attached hydrogens (primary N) is 1. The van der Waals surface area contributed by atoms with Crippen molar-refractivity contribution >= 4 is 21.6 Å². The molecule has 1 amide bonds. The van der Waals surface area contributed by atoms with Gasteiger partial charge in [0.05, 0.1) is 10.6 Å². The fourth-order valence-corrected chi connectivity index (χ4v) is 4.09. The number of nitrogens with zero attached hydrogens (tertiary/aromatic N) is 1. The van der Waals surface area contributed by atoms with Crippen molar-refractivity contribution in [3.8, 4) is 0 Å². The minimum Gasteiger partial charge on any atom is -0.348 e. The van der Waals surface area contributed by atoms with Crippen LogP contribution in [0.25, 0.3) is 0 Å². The van der Waals surface area contributed by atoms with Crippen LogP contribution in [-0.2, 0) is 10.0 Å². The summed E-state index contributed by atoms with van der Waals surface area (Å²) in [4.78, 5) is 12.6. The van der Waals surface area contributed by atoms with E-state index >= 15 is 0 Å². The molecule has 0 saturated heterocycles. The molecule has 2 aromatic rings.